The molecular formula is C19H17F3N4. The summed E-state index contributed by atoms with van der Waals surface area (Å²) < 4.78 is 42.0. The molecular weight excluding hydrogens is 341 g/mol. The second-order valence-electron chi connectivity index (χ2n) is 7.03. The van der Waals surface area contributed by atoms with E-state index in [1.165, 1.54) is 12.3 Å². The molecule has 1 aromatic carbocycles. The Morgan fingerprint density at radius 3 is 2.50 bits per heavy atom. The second kappa shape index (κ2) is 5.46. The molecule has 1 aliphatic carbocycles. The van der Waals surface area contributed by atoms with E-state index in [0.717, 1.165) is 35.8 Å². The predicted molar refractivity (Wildman–Crippen MR) is 92.2 cm³/mol. The van der Waals surface area contributed by atoms with Gasteiger partial charge in [0.2, 0.25) is 0 Å². The van der Waals surface area contributed by atoms with Crippen molar-refractivity contribution in [3.05, 3.63) is 54.0 Å². The van der Waals surface area contributed by atoms with Crippen molar-refractivity contribution in [3.63, 3.8) is 0 Å². The number of alkyl halides is 3. The highest BCUT2D eigenvalue weighted by atomic mass is 19.4. The van der Waals surface area contributed by atoms with Crippen LogP contribution in [0, 0.1) is 0 Å². The van der Waals surface area contributed by atoms with E-state index in [-0.39, 0.29) is 11.9 Å². The van der Waals surface area contributed by atoms with Gasteiger partial charge in [-0.05, 0) is 37.1 Å². The zero-order valence-electron chi connectivity index (χ0n) is 13.9. The molecule has 1 saturated carbocycles. The molecule has 3 heterocycles. The second-order valence-corrected chi connectivity index (χ2v) is 7.03. The van der Waals surface area contributed by atoms with Gasteiger partial charge in [-0.1, -0.05) is 12.1 Å². The van der Waals surface area contributed by atoms with E-state index in [0.29, 0.717) is 19.0 Å². The van der Waals surface area contributed by atoms with E-state index in [4.69, 9.17) is 4.98 Å². The highest BCUT2D eigenvalue weighted by Gasteiger charge is 2.41. The maximum Gasteiger partial charge on any atom is 0.419 e. The van der Waals surface area contributed by atoms with Crippen LogP contribution in [0.15, 0.2) is 42.6 Å². The summed E-state index contributed by atoms with van der Waals surface area (Å²) in [5.41, 5.74) is 1.36. The number of benzene rings is 1. The molecule has 1 saturated heterocycles. The van der Waals surface area contributed by atoms with Gasteiger partial charge < -0.3 is 9.47 Å². The van der Waals surface area contributed by atoms with E-state index in [1.54, 1.807) is 4.90 Å². The Kier molecular flexibility index (Phi) is 3.29. The Morgan fingerprint density at radius 2 is 1.77 bits per heavy atom. The maximum atomic E-state index is 13.2. The number of nitrogens with zero attached hydrogens (tertiary/aromatic N) is 4. The van der Waals surface area contributed by atoms with Gasteiger partial charge in [-0.2, -0.15) is 13.2 Å². The van der Waals surface area contributed by atoms with Crippen LogP contribution >= 0.6 is 0 Å². The van der Waals surface area contributed by atoms with Crippen LogP contribution in [0.3, 0.4) is 0 Å². The van der Waals surface area contributed by atoms with Gasteiger partial charge in [-0.3, -0.25) is 0 Å². The standard InChI is InChI=1S/C19H17F3N4/c20-19(21,22)14-4-3-9-23-18(14)25-10-13(11-25)26-16-6-2-1-5-15(16)24-17(26)12-7-8-12/h1-6,9,12-13H,7-8,10-11H2. The summed E-state index contributed by atoms with van der Waals surface area (Å²) in [4.78, 5) is 10.5. The minimum absolute atomic E-state index is 0.0219. The van der Waals surface area contributed by atoms with Crippen LogP contribution in [-0.4, -0.2) is 27.6 Å². The summed E-state index contributed by atoms with van der Waals surface area (Å²) in [6.07, 6.45) is -0.702. The number of rotatable bonds is 3. The molecule has 0 N–H and O–H groups in total. The molecule has 0 radical (unpaired) electrons. The van der Waals surface area contributed by atoms with Gasteiger partial charge in [-0.25, -0.2) is 9.97 Å². The van der Waals surface area contributed by atoms with E-state index < -0.39 is 11.7 Å². The molecule has 2 fully saturated rings. The Balaban J connectivity index is 1.47. The Morgan fingerprint density at radius 1 is 1.00 bits per heavy atom. The number of aromatic nitrogens is 3. The molecule has 5 rings (SSSR count). The quantitative estimate of drug-likeness (QED) is 0.696. The lowest BCUT2D eigenvalue weighted by atomic mass is 10.1. The Bertz CT molecular complexity index is 968. The fourth-order valence-corrected chi connectivity index (χ4v) is 3.74. The number of pyridine rings is 1. The summed E-state index contributed by atoms with van der Waals surface area (Å²) in [7, 11) is 0. The molecule has 26 heavy (non-hydrogen) atoms. The maximum absolute atomic E-state index is 13.2. The summed E-state index contributed by atoms with van der Waals surface area (Å²) in [6, 6.07) is 10.5. The van der Waals surface area contributed by atoms with Crippen LogP contribution in [0.4, 0.5) is 19.0 Å². The van der Waals surface area contributed by atoms with Gasteiger partial charge in [0.15, 0.2) is 0 Å². The monoisotopic (exact) mass is 358 g/mol. The van der Waals surface area contributed by atoms with Crippen LogP contribution in [0.1, 0.15) is 36.2 Å². The van der Waals surface area contributed by atoms with E-state index >= 15 is 0 Å². The highest BCUT2D eigenvalue weighted by molar-refractivity contribution is 5.76. The third-order valence-electron chi connectivity index (χ3n) is 5.18. The third-order valence-corrected chi connectivity index (χ3v) is 5.18. The van der Waals surface area contributed by atoms with Crippen LogP contribution in [0.5, 0.6) is 0 Å². The average molecular weight is 358 g/mol. The van der Waals surface area contributed by atoms with Crippen molar-refractivity contribution >= 4 is 16.9 Å². The molecule has 134 valence electrons. The third kappa shape index (κ3) is 2.45. The minimum atomic E-state index is -4.39. The largest absolute Gasteiger partial charge is 0.419 e. The van der Waals surface area contributed by atoms with E-state index in [9.17, 15) is 13.2 Å². The van der Waals surface area contributed by atoms with Gasteiger partial charge in [0.25, 0.3) is 0 Å². The predicted octanol–water partition coefficient (Wildman–Crippen LogP) is 4.39. The van der Waals surface area contributed by atoms with Crippen molar-refractivity contribution in [2.45, 2.75) is 31.0 Å². The zero-order valence-corrected chi connectivity index (χ0v) is 13.9. The molecule has 0 bridgehead atoms. The summed E-state index contributed by atoms with van der Waals surface area (Å²) in [6.45, 7) is 1.03. The van der Waals surface area contributed by atoms with Crippen LogP contribution in [0.25, 0.3) is 11.0 Å². The molecule has 2 aromatic heterocycles. The lowest BCUT2D eigenvalue weighted by Crippen LogP contribution is -2.49. The van der Waals surface area contributed by atoms with Crippen molar-refractivity contribution in [2.24, 2.45) is 0 Å². The van der Waals surface area contributed by atoms with Crippen molar-refractivity contribution < 1.29 is 13.2 Å². The lowest BCUT2D eigenvalue weighted by molar-refractivity contribution is -0.137. The number of para-hydroxylation sites is 2. The molecule has 0 atom stereocenters. The topological polar surface area (TPSA) is 34.0 Å². The fraction of sp³-hybridized carbons (Fsp3) is 0.368. The molecule has 0 spiro atoms. The highest BCUT2D eigenvalue weighted by Crippen LogP contribution is 2.44. The molecule has 1 aliphatic heterocycles. The smallest absolute Gasteiger partial charge is 0.352 e. The van der Waals surface area contributed by atoms with Gasteiger partial charge in [0.1, 0.15) is 11.6 Å². The van der Waals surface area contributed by atoms with Crippen LogP contribution < -0.4 is 4.90 Å². The molecule has 3 aromatic rings. The molecule has 4 nitrogen and oxygen atoms in total. The summed E-state index contributed by atoms with van der Waals surface area (Å²) in [5.74, 6) is 1.58. The van der Waals surface area contributed by atoms with E-state index in [1.807, 2.05) is 24.3 Å². The van der Waals surface area contributed by atoms with Gasteiger partial charge in [-0.15, -0.1) is 0 Å². The number of anilines is 1. The fourth-order valence-electron chi connectivity index (χ4n) is 3.74. The first-order chi connectivity index (χ1) is 12.5. The number of hydrogen-bond acceptors (Lipinski definition) is 3. The first kappa shape index (κ1) is 15.7. The molecule has 0 unspecified atom stereocenters. The van der Waals surface area contributed by atoms with Crippen molar-refractivity contribution in [3.8, 4) is 0 Å². The van der Waals surface area contributed by atoms with Crippen LogP contribution in [-0.2, 0) is 6.18 Å². The van der Waals surface area contributed by atoms with Crippen molar-refractivity contribution in [2.75, 3.05) is 18.0 Å². The molecule has 7 heteroatoms. The summed E-state index contributed by atoms with van der Waals surface area (Å²) >= 11 is 0. The lowest BCUT2D eigenvalue weighted by Gasteiger charge is -2.42. The normalized spacial score (nSPS) is 18.3. The van der Waals surface area contributed by atoms with Gasteiger partial charge >= 0.3 is 6.18 Å². The van der Waals surface area contributed by atoms with Crippen molar-refractivity contribution in [1.82, 2.24) is 14.5 Å². The first-order valence-corrected chi connectivity index (χ1v) is 8.76. The van der Waals surface area contributed by atoms with E-state index in [2.05, 4.69) is 9.55 Å². The number of halogens is 3. The minimum Gasteiger partial charge on any atom is -0.352 e. The van der Waals surface area contributed by atoms with Gasteiger partial charge in [0.05, 0.1) is 22.6 Å². The summed E-state index contributed by atoms with van der Waals surface area (Å²) in [5, 5.41) is 0. The molecule has 0 amide bonds. The van der Waals surface area contributed by atoms with Crippen molar-refractivity contribution in [1.29, 1.82) is 0 Å². The number of imidazole rings is 1. The van der Waals surface area contributed by atoms with Crippen LogP contribution in [0.2, 0.25) is 0 Å². The Labute approximate surface area is 148 Å². The average Bonchev–Trinajstić information content (AvgIpc) is 3.35. The number of hydrogen-bond donors (Lipinski definition) is 0. The molecule has 2 aliphatic rings. The van der Waals surface area contributed by atoms with Gasteiger partial charge in [0, 0.05) is 25.2 Å². The number of fused-ring (bicyclic) bond motifs is 1. The zero-order chi connectivity index (χ0) is 17.9. The first-order valence-electron chi connectivity index (χ1n) is 8.76. The Hall–Kier alpha value is -2.57. The SMILES string of the molecule is FC(F)(F)c1cccnc1N1CC(n2c(C3CC3)nc3ccccc32)C1.